The minimum absolute atomic E-state index is 0.000711. The number of aliphatic hydroxyl groups excluding tert-OH is 1. The van der Waals surface area contributed by atoms with Crippen molar-refractivity contribution in [1.82, 2.24) is 14.9 Å². The second-order valence-electron chi connectivity index (χ2n) is 9.58. The van der Waals surface area contributed by atoms with Crippen molar-refractivity contribution >= 4 is 5.91 Å². The van der Waals surface area contributed by atoms with Gasteiger partial charge in [-0.1, -0.05) is 30.3 Å². The number of aryl methyl sites for hydroxylation is 2. The van der Waals surface area contributed by atoms with Crippen molar-refractivity contribution in [2.24, 2.45) is 5.73 Å². The zero-order chi connectivity index (χ0) is 28.5. The highest BCUT2D eigenvalue weighted by atomic mass is 16.5. The number of carbonyl (C=O) groups is 1. The monoisotopic (exact) mass is 542 g/mol. The predicted octanol–water partition coefficient (Wildman–Crippen LogP) is 3.89. The first-order chi connectivity index (χ1) is 19.3. The molecule has 0 spiro atoms. The molecule has 0 bridgehead atoms. The molecule has 40 heavy (non-hydrogen) atoms. The van der Waals surface area contributed by atoms with Crippen LogP contribution in [0.1, 0.15) is 27.3 Å². The van der Waals surface area contributed by atoms with E-state index in [1.807, 2.05) is 74.5 Å². The van der Waals surface area contributed by atoms with Crippen LogP contribution in [0.2, 0.25) is 0 Å². The van der Waals surface area contributed by atoms with Crippen LogP contribution in [0.3, 0.4) is 0 Å². The third-order valence-electron chi connectivity index (χ3n) is 6.16. The molecule has 0 aliphatic rings. The Bertz CT molecular complexity index is 1390. The molecule has 1 amide bonds. The summed E-state index contributed by atoms with van der Waals surface area (Å²) in [4.78, 5) is 22.6. The topological polar surface area (TPSA) is 131 Å². The molecule has 0 radical (unpaired) electrons. The summed E-state index contributed by atoms with van der Waals surface area (Å²) < 4.78 is 11.7. The van der Waals surface area contributed by atoms with E-state index in [9.17, 15) is 15.0 Å². The number of aromatic hydroxyl groups is 1. The molecule has 0 saturated carbocycles. The Labute approximate surface area is 233 Å². The third kappa shape index (κ3) is 8.26. The number of aliphatic hydroxyl groups is 1. The minimum atomic E-state index is -0.749. The van der Waals surface area contributed by atoms with Crippen molar-refractivity contribution in [2.45, 2.75) is 26.5 Å². The Morgan fingerprint density at radius 2 is 1.60 bits per heavy atom. The summed E-state index contributed by atoms with van der Waals surface area (Å²) >= 11 is 0. The molecule has 208 valence electrons. The number of primary amides is 1. The number of hydrogen-bond donors (Lipinski definition) is 3. The average Bonchev–Trinajstić information content (AvgIpc) is 2.93. The average molecular weight is 543 g/mol. The Morgan fingerprint density at radius 3 is 2.27 bits per heavy atom. The second-order valence-corrected chi connectivity index (χ2v) is 9.58. The van der Waals surface area contributed by atoms with Gasteiger partial charge in [0, 0.05) is 36.6 Å². The summed E-state index contributed by atoms with van der Waals surface area (Å²) in [6.07, 6.45) is -0.749. The van der Waals surface area contributed by atoms with Crippen molar-refractivity contribution in [3.63, 3.8) is 0 Å². The molecule has 1 unspecified atom stereocenters. The lowest BCUT2D eigenvalue weighted by molar-refractivity contribution is 0.0605. The number of carbonyl (C=O) groups excluding carboxylic acids is 1. The maximum atomic E-state index is 11.5. The molecule has 9 nitrogen and oxygen atoms in total. The van der Waals surface area contributed by atoms with Crippen LogP contribution in [0.25, 0.3) is 11.4 Å². The van der Waals surface area contributed by atoms with Gasteiger partial charge in [0.25, 0.3) is 5.91 Å². The highest BCUT2D eigenvalue weighted by molar-refractivity contribution is 5.95. The third-order valence-corrected chi connectivity index (χ3v) is 6.16. The van der Waals surface area contributed by atoms with Gasteiger partial charge in [-0.15, -0.1) is 0 Å². The highest BCUT2D eigenvalue weighted by Crippen LogP contribution is 2.23. The van der Waals surface area contributed by atoms with Crippen molar-refractivity contribution in [3.05, 3.63) is 101 Å². The molecular formula is C31H34N4O5. The standard InChI is InChI=1S/C31H34N4O5/c1-21-16-22(2)34-31(33-21)24-8-10-26(11-9-24)40-20-25(36)19-35(18-23-6-4-3-5-7-23)14-15-39-27-12-13-29(37)28(17-27)30(32)38/h3-13,16-17,25,36-37H,14-15,18-20H2,1-2H3,(H2,32,38). The number of amides is 1. The zero-order valence-electron chi connectivity index (χ0n) is 22.7. The van der Waals surface area contributed by atoms with Crippen molar-refractivity contribution in [1.29, 1.82) is 0 Å². The maximum Gasteiger partial charge on any atom is 0.252 e. The SMILES string of the molecule is Cc1cc(C)nc(-c2ccc(OCC(O)CN(CCOc3ccc(O)c(C(N)=O)c3)Cc3ccccc3)cc2)n1. The molecule has 1 aromatic heterocycles. The second kappa shape index (κ2) is 13.5. The molecule has 0 saturated heterocycles. The van der Waals surface area contributed by atoms with E-state index in [0.717, 1.165) is 22.5 Å². The van der Waals surface area contributed by atoms with Gasteiger partial charge in [-0.2, -0.15) is 0 Å². The highest BCUT2D eigenvalue weighted by Gasteiger charge is 2.15. The van der Waals surface area contributed by atoms with Gasteiger partial charge in [0.2, 0.25) is 0 Å². The van der Waals surface area contributed by atoms with Gasteiger partial charge in [0.1, 0.15) is 36.6 Å². The molecule has 9 heteroatoms. The molecule has 1 heterocycles. The first-order valence-corrected chi connectivity index (χ1v) is 13.0. The lowest BCUT2D eigenvalue weighted by atomic mass is 10.2. The van der Waals surface area contributed by atoms with E-state index in [4.69, 9.17) is 15.2 Å². The van der Waals surface area contributed by atoms with E-state index in [-0.39, 0.29) is 17.9 Å². The number of hydrogen-bond acceptors (Lipinski definition) is 8. The van der Waals surface area contributed by atoms with Gasteiger partial charge < -0.3 is 25.4 Å². The fourth-order valence-electron chi connectivity index (χ4n) is 4.27. The number of phenols is 1. The number of aromatic nitrogens is 2. The van der Waals surface area contributed by atoms with Gasteiger partial charge in [-0.25, -0.2) is 9.97 Å². The molecular weight excluding hydrogens is 508 g/mol. The molecule has 0 aliphatic carbocycles. The summed E-state index contributed by atoms with van der Waals surface area (Å²) in [6, 6.07) is 23.7. The first-order valence-electron chi connectivity index (χ1n) is 13.0. The van der Waals surface area contributed by atoms with Crippen LogP contribution in [0.4, 0.5) is 0 Å². The minimum Gasteiger partial charge on any atom is -0.507 e. The van der Waals surface area contributed by atoms with E-state index in [0.29, 0.717) is 43.6 Å². The van der Waals surface area contributed by atoms with Crippen LogP contribution in [-0.4, -0.2) is 63.4 Å². The summed E-state index contributed by atoms with van der Waals surface area (Å²) in [5.74, 6) is 0.806. The van der Waals surface area contributed by atoms with E-state index in [1.54, 1.807) is 6.07 Å². The number of rotatable bonds is 13. The zero-order valence-corrected chi connectivity index (χ0v) is 22.7. The smallest absolute Gasteiger partial charge is 0.252 e. The van der Waals surface area contributed by atoms with Crippen LogP contribution < -0.4 is 15.2 Å². The number of nitrogens with two attached hydrogens (primary N) is 1. The lowest BCUT2D eigenvalue weighted by Gasteiger charge is -2.25. The van der Waals surface area contributed by atoms with Gasteiger partial charge in [-0.05, 0) is 67.9 Å². The van der Waals surface area contributed by atoms with Gasteiger partial charge in [-0.3, -0.25) is 9.69 Å². The van der Waals surface area contributed by atoms with E-state index in [2.05, 4.69) is 14.9 Å². The Hall–Kier alpha value is -4.47. The molecule has 1 atom stereocenters. The maximum absolute atomic E-state index is 11.5. The predicted molar refractivity (Wildman–Crippen MR) is 152 cm³/mol. The van der Waals surface area contributed by atoms with Gasteiger partial charge in [0.15, 0.2) is 5.82 Å². The van der Waals surface area contributed by atoms with Crippen LogP contribution >= 0.6 is 0 Å². The summed E-state index contributed by atoms with van der Waals surface area (Å²) in [6.45, 7) is 5.76. The van der Waals surface area contributed by atoms with Crippen molar-refractivity contribution in [3.8, 4) is 28.6 Å². The normalized spacial score (nSPS) is 11.8. The largest absolute Gasteiger partial charge is 0.507 e. The van der Waals surface area contributed by atoms with Crippen LogP contribution in [0.15, 0.2) is 78.9 Å². The molecule has 4 N–H and O–H groups in total. The fraction of sp³-hybridized carbons (Fsp3) is 0.258. The molecule has 4 aromatic rings. The Kier molecular flexibility index (Phi) is 9.66. The van der Waals surface area contributed by atoms with Crippen LogP contribution in [0.5, 0.6) is 17.2 Å². The van der Waals surface area contributed by atoms with E-state index in [1.165, 1.54) is 12.1 Å². The fourth-order valence-corrected chi connectivity index (χ4v) is 4.27. The Balaban J connectivity index is 1.33. The lowest BCUT2D eigenvalue weighted by Crippen LogP contribution is -2.37. The first kappa shape index (κ1) is 28.5. The van der Waals surface area contributed by atoms with Gasteiger partial charge in [0.05, 0.1) is 5.56 Å². The Morgan fingerprint density at radius 1 is 0.925 bits per heavy atom. The summed E-state index contributed by atoms with van der Waals surface area (Å²) in [5.41, 5.74) is 9.12. The number of ether oxygens (including phenoxy) is 2. The van der Waals surface area contributed by atoms with Crippen molar-refractivity contribution < 1.29 is 24.5 Å². The molecule has 0 aliphatic heterocycles. The molecule has 3 aromatic carbocycles. The number of nitrogens with zero attached hydrogens (tertiary/aromatic N) is 3. The van der Waals surface area contributed by atoms with E-state index < -0.39 is 12.0 Å². The molecule has 4 rings (SSSR count). The summed E-state index contributed by atoms with van der Waals surface area (Å²) in [5, 5.41) is 20.6. The molecule has 0 fully saturated rings. The van der Waals surface area contributed by atoms with Gasteiger partial charge >= 0.3 is 0 Å². The van der Waals surface area contributed by atoms with Crippen molar-refractivity contribution in [2.75, 3.05) is 26.3 Å². The van der Waals surface area contributed by atoms with Crippen LogP contribution in [0, 0.1) is 13.8 Å². The van der Waals surface area contributed by atoms with E-state index >= 15 is 0 Å². The number of benzene rings is 3. The quantitative estimate of drug-likeness (QED) is 0.232. The summed E-state index contributed by atoms with van der Waals surface area (Å²) in [7, 11) is 0. The van der Waals surface area contributed by atoms with Crippen LogP contribution in [-0.2, 0) is 6.54 Å².